The molecule has 0 radical (unpaired) electrons. The van der Waals surface area contributed by atoms with Gasteiger partial charge in [-0.25, -0.2) is 9.78 Å². The van der Waals surface area contributed by atoms with Gasteiger partial charge in [-0.05, 0) is 20.3 Å². The molecule has 0 spiro atoms. The number of carbonyl (C=O) groups is 1. The van der Waals surface area contributed by atoms with Crippen molar-refractivity contribution in [2.45, 2.75) is 38.6 Å². The number of aromatic nitrogens is 4. The summed E-state index contributed by atoms with van der Waals surface area (Å²) in [6.07, 6.45) is 0.775. The van der Waals surface area contributed by atoms with E-state index in [0.717, 1.165) is 23.3 Å². The van der Waals surface area contributed by atoms with Crippen molar-refractivity contribution in [1.29, 1.82) is 0 Å². The molecule has 0 fully saturated rings. The highest BCUT2D eigenvalue weighted by molar-refractivity contribution is 6.20. The summed E-state index contributed by atoms with van der Waals surface area (Å²) in [6.45, 7) is 5.63. The molecule has 2 rings (SSSR count). The summed E-state index contributed by atoms with van der Waals surface area (Å²) in [4.78, 5) is 16.5. The van der Waals surface area contributed by atoms with Crippen LogP contribution in [0.25, 0.3) is 11.2 Å². The largest absolute Gasteiger partial charge is 0.467 e. The SMILES string of the molecule is CCc1nn(C)c2c1nc(C(C)Cl)n2C(C)C(=O)OC. The van der Waals surface area contributed by atoms with Crippen LogP contribution in [0.1, 0.15) is 43.7 Å². The van der Waals surface area contributed by atoms with Gasteiger partial charge in [-0.1, -0.05) is 6.92 Å². The Morgan fingerprint density at radius 1 is 1.45 bits per heavy atom. The van der Waals surface area contributed by atoms with Crippen LogP contribution in [0, 0.1) is 0 Å². The monoisotopic (exact) mass is 298 g/mol. The first kappa shape index (κ1) is 14.8. The van der Waals surface area contributed by atoms with Crippen molar-refractivity contribution in [1.82, 2.24) is 19.3 Å². The second kappa shape index (κ2) is 5.44. The second-order valence-electron chi connectivity index (χ2n) is 4.75. The molecule has 0 saturated carbocycles. The number of hydrogen-bond donors (Lipinski definition) is 0. The number of hydrogen-bond acceptors (Lipinski definition) is 4. The number of carbonyl (C=O) groups excluding carboxylic acids is 1. The van der Waals surface area contributed by atoms with E-state index in [4.69, 9.17) is 16.3 Å². The fourth-order valence-corrected chi connectivity index (χ4v) is 2.55. The molecule has 2 aromatic rings. The summed E-state index contributed by atoms with van der Waals surface area (Å²) in [5, 5.41) is 4.13. The Kier molecular flexibility index (Phi) is 4.04. The molecule has 0 amide bonds. The number of methoxy groups -OCH3 is 1. The van der Waals surface area contributed by atoms with Crippen LogP contribution in [-0.4, -0.2) is 32.4 Å². The van der Waals surface area contributed by atoms with Crippen molar-refractivity contribution in [2.75, 3.05) is 7.11 Å². The van der Waals surface area contributed by atoms with E-state index in [9.17, 15) is 4.79 Å². The fraction of sp³-hybridized carbons (Fsp3) is 0.615. The third-order valence-corrected chi connectivity index (χ3v) is 3.58. The maximum absolute atomic E-state index is 11.9. The van der Waals surface area contributed by atoms with E-state index in [2.05, 4.69) is 10.1 Å². The predicted octanol–water partition coefficient (Wildman–Crippen LogP) is 2.37. The molecule has 20 heavy (non-hydrogen) atoms. The fourth-order valence-electron chi connectivity index (χ4n) is 2.40. The van der Waals surface area contributed by atoms with Crippen molar-refractivity contribution < 1.29 is 9.53 Å². The lowest BCUT2D eigenvalue weighted by atomic mass is 10.3. The molecule has 110 valence electrons. The van der Waals surface area contributed by atoms with Gasteiger partial charge in [-0.2, -0.15) is 5.10 Å². The van der Waals surface area contributed by atoms with Gasteiger partial charge >= 0.3 is 5.97 Å². The van der Waals surface area contributed by atoms with Gasteiger partial charge in [0.1, 0.15) is 17.4 Å². The number of esters is 1. The predicted molar refractivity (Wildman–Crippen MR) is 76.9 cm³/mol. The normalized spacial score (nSPS) is 14.5. The number of ether oxygens (including phenoxy) is 1. The van der Waals surface area contributed by atoms with E-state index in [1.807, 2.05) is 25.5 Å². The van der Waals surface area contributed by atoms with E-state index >= 15 is 0 Å². The van der Waals surface area contributed by atoms with Crippen molar-refractivity contribution in [3.63, 3.8) is 0 Å². The Hall–Kier alpha value is -1.56. The molecule has 0 saturated heterocycles. The van der Waals surface area contributed by atoms with Crippen LogP contribution in [0.15, 0.2) is 0 Å². The maximum atomic E-state index is 11.9. The zero-order valence-electron chi connectivity index (χ0n) is 12.3. The highest BCUT2D eigenvalue weighted by atomic mass is 35.5. The van der Waals surface area contributed by atoms with Gasteiger partial charge < -0.3 is 4.74 Å². The number of nitrogens with zero attached hydrogens (tertiary/aromatic N) is 4. The van der Waals surface area contributed by atoms with Crippen LogP contribution in [-0.2, 0) is 23.0 Å². The van der Waals surface area contributed by atoms with Crippen LogP contribution < -0.4 is 0 Å². The van der Waals surface area contributed by atoms with Crippen LogP contribution in [0.4, 0.5) is 0 Å². The molecule has 7 heteroatoms. The topological polar surface area (TPSA) is 61.9 Å². The van der Waals surface area contributed by atoms with Crippen LogP contribution >= 0.6 is 11.6 Å². The summed E-state index contributed by atoms with van der Waals surface area (Å²) in [5.41, 5.74) is 2.49. The first-order valence-electron chi connectivity index (χ1n) is 6.57. The average molecular weight is 299 g/mol. The second-order valence-corrected chi connectivity index (χ2v) is 5.41. The molecule has 0 N–H and O–H groups in total. The third kappa shape index (κ3) is 2.18. The molecule has 2 atom stereocenters. The minimum absolute atomic E-state index is 0.306. The Morgan fingerprint density at radius 3 is 2.60 bits per heavy atom. The number of imidazole rings is 1. The summed E-state index contributed by atoms with van der Waals surface area (Å²) in [5.74, 6) is 0.324. The molecule has 0 aromatic carbocycles. The average Bonchev–Trinajstić information content (AvgIpc) is 2.95. The zero-order valence-corrected chi connectivity index (χ0v) is 13.1. The molecule has 2 unspecified atom stereocenters. The Labute approximate surface area is 122 Å². The van der Waals surface area contributed by atoms with Crippen LogP contribution in [0.3, 0.4) is 0 Å². The lowest BCUT2D eigenvalue weighted by molar-refractivity contribution is -0.144. The highest BCUT2D eigenvalue weighted by Gasteiger charge is 2.27. The lowest BCUT2D eigenvalue weighted by Crippen LogP contribution is -2.21. The van der Waals surface area contributed by atoms with E-state index in [1.165, 1.54) is 7.11 Å². The first-order chi connectivity index (χ1) is 9.42. The number of alkyl halides is 1. The molecule has 6 nitrogen and oxygen atoms in total. The maximum Gasteiger partial charge on any atom is 0.328 e. The number of fused-ring (bicyclic) bond motifs is 1. The lowest BCUT2D eigenvalue weighted by Gasteiger charge is -2.16. The Bertz CT molecular complexity index is 644. The van der Waals surface area contributed by atoms with E-state index in [0.29, 0.717) is 5.82 Å². The number of aryl methyl sites for hydroxylation is 2. The molecule has 0 aliphatic heterocycles. The van der Waals surface area contributed by atoms with E-state index in [-0.39, 0.29) is 11.3 Å². The van der Waals surface area contributed by atoms with Gasteiger partial charge in [-0.15, -0.1) is 11.6 Å². The minimum Gasteiger partial charge on any atom is -0.467 e. The van der Waals surface area contributed by atoms with Crippen LogP contribution in [0.2, 0.25) is 0 Å². The summed E-state index contributed by atoms with van der Waals surface area (Å²) < 4.78 is 8.38. The first-order valence-corrected chi connectivity index (χ1v) is 7.01. The molecular weight excluding hydrogens is 280 g/mol. The van der Waals surface area contributed by atoms with Crippen molar-refractivity contribution in [3.05, 3.63) is 11.5 Å². The molecule has 2 aromatic heterocycles. The molecule has 2 heterocycles. The quantitative estimate of drug-likeness (QED) is 0.642. The minimum atomic E-state index is -0.499. The van der Waals surface area contributed by atoms with Crippen LogP contribution in [0.5, 0.6) is 0 Å². The summed E-state index contributed by atoms with van der Waals surface area (Å²) in [7, 11) is 3.21. The molecule has 0 aliphatic carbocycles. The van der Waals surface area contributed by atoms with Gasteiger partial charge in [0.2, 0.25) is 0 Å². The van der Waals surface area contributed by atoms with E-state index < -0.39 is 6.04 Å². The molecule has 0 bridgehead atoms. The zero-order chi connectivity index (χ0) is 15.0. The van der Waals surface area contributed by atoms with Gasteiger partial charge in [0, 0.05) is 7.05 Å². The Morgan fingerprint density at radius 2 is 2.10 bits per heavy atom. The van der Waals surface area contributed by atoms with Crippen molar-refractivity contribution in [3.8, 4) is 0 Å². The summed E-state index contributed by atoms with van der Waals surface area (Å²) in [6, 6.07) is -0.499. The van der Waals surface area contributed by atoms with Gasteiger partial charge in [0.25, 0.3) is 0 Å². The van der Waals surface area contributed by atoms with Gasteiger partial charge in [-0.3, -0.25) is 9.25 Å². The number of halogens is 1. The Balaban J connectivity index is 2.74. The molecule has 0 aliphatic rings. The standard InChI is InChI=1S/C13H19ClN4O2/c1-6-9-10-12(17(4)16-9)18(8(3)13(19)20-5)11(15-10)7(2)14/h7-8H,6H2,1-5H3. The third-order valence-electron chi connectivity index (χ3n) is 3.38. The smallest absolute Gasteiger partial charge is 0.328 e. The van der Waals surface area contributed by atoms with Gasteiger partial charge in [0.15, 0.2) is 5.65 Å². The molecular formula is C13H19ClN4O2. The van der Waals surface area contributed by atoms with Crippen molar-refractivity contribution in [2.24, 2.45) is 7.05 Å². The van der Waals surface area contributed by atoms with Crippen molar-refractivity contribution >= 4 is 28.7 Å². The van der Waals surface area contributed by atoms with E-state index in [1.54, 1.807) is 11.6 Å². The number of rotatable bonds is 4. The highest BCUT2D eigenvalue weighted by Crippen LogP contribution is 2.30. The van der Waals surface area contributed by atoms with Gasteiger partial charge in [0.05, 0.1) is 18.2 Å². The summed E-state index contributed by atoms with van der Waals surface area (Å²) >= 11 is 6.21.